The molecule has 1 aliphatic heterocycles. The Bertz CT molecular complexity index is 1190. The lowest BCUT2D eigenvalue weighted by atomic mass is 9.84. The van der Waals surface area contributed by atoms with Crippen LogP contribution in [0.1, 0.15) is 29.3 Å². The molecule has 2 aromatic heterocycles. The quantitative estimate of drug-likeness (QED) is 0.729. The lowest BCUT2D eigenvalue weighted by molar-refractivity contribution is -0.129. The number of benzene rings is 1. The van der Waals surface area contributed by atoms with Crippen molar-refractivity contribution in [1.82, 2.24) is 14.9 Å². The average Bonchev–Trinajstić information content (AvgIpc) is 3.04. The molecule has 7 nitrogen and oxygen atoms in total. The minimum Gasteiger partial charge on any atom is -0.369 e. The highest BCUT2D eigenvalue weighted by Crippen LogP contribution is 2.39. The summed E-state index contributed by atoms with van der Waals surface area (Å²) in [6, 6.07) is 15.1. The van der Waals surface area contributed by atoms with Crippen LogP contribution in [0.5, 0.6) is 0 Å². The first-order valence-corrected chi connectivity index (χ1v) is 9.54. The van der Waals surface area contributed by atoms with Crippen LogP contribution in [0.4, 0.5) is 0 Å². The van der Waals surface area contributed by atoms with E-state index in [1.165, 1.54) is 11.1 Å². The predicted octanol–water partition coefficient (Wildman–Crippen LogP) is 2.61. The number of carbonyl (C=O) groups excluding carboxylic acids is 1. The highest BCUT2D eigenvalue weighted by Gasteiger charge is 2.50. The molecule has 0 aliphatic carbocycles. The first-order chi connectivity index (χ1) is 14.5. The second-order valence-electron chi connectivity index (χ2n) is 7.10. The third-order valence-electron chi connectivity index (χ3n) is 5.32. The summed E-state index contributed by atoms with van der Waals surface area (Å²) in [5.41, 5.74) is 8.97. The molecule has 0 saturated carbocycles. The second-order valence-corrected chi connectivity index (χ2v) is 7.10. The molecule has 0 bridgehead atoms. The van der Waals surface area contributed by atoms with E-state index in [1.54, 1.807) is 25.5 Å². The van der Waals surface area contributed by atoms with Crippen molar-refractivity contribution in [3.63, 3.8) is 0 Å². The lowest BCUT2D eigenvalue weighted by Gasteiger charge is -2.25. The number of rotatable bonds is 4. The van der Waals surface area contributed by atoms with Gasteiger partial charge in [-0.1, -0.05) is 31.2 Å². The van der Waals surface area contributed by atoms with Crippen LogP contribution < -0.4 is 5.73 Å². The fraction of sp³-hybridized carbons (Fsp3) is 0.174. The van der Waals surface area contributed by atoms with Crippen molar-refractivity contribution in [1.29, 1.82) is 5.26 Å². The first kappa shape index (κ1) is 19.3. The zero-order chi connectivity index (χ0) is 21.3. The normalized spacial score (nSPS) is 18.2. The van der Waals surface area contributed by atoms with Gasteiger partial charge >= 0.3 is 0 Å². The summed E-state index contributed by atoms with van der Waals surface area (Å²) in [6.45, 7) is 2.05. The maximum atomic E-state index is 13.4. The summed E-state index contributed by atoms with van der Waals surface area (Å²) in [7, 11) is 1.60. The van der Waals surface area contributed by atoms with Gasteiger partial charge in [0, 0.05) is 31.2 Å². The van der Waals surface area contributed by atoms with Crippen molar-refractivity contribution in [2.75, 3.05) is 7.05 Å². The fourth-order valence-corrected chi connectivity index (χ4v) is 3.57. The molecule has 1 amide bonds. The van der Waals surface area contributed by atoms with Crippen molar-refractivity contribution >= 4 is 11.9 Å². The summed E-state index contributed by atoms with van der Waals surface area (Å²) >= 11 is 0. The molecule has 0 spiro atoms. The first-order valence-electron chi connectivity index (χ1n) is 9.54. The molecule has 30 heavy (non-hydrogen) atoms. The highest BCUT2D eigenvalue weighted by molar-refractivity contribution is 6.08. The number of likely N-dealkylation sites (N-methyl/N-ethyl adjacent to an activating group) is 1. The van der Waals surface area contributed by atoms with Gasteiger partial charge in [-0.3, -0.25) is 19.7 Å². The molecule has 148 valence electrons. The number of nitriles is 1. The molecule has 0 radical (unpaired) electrons. The van der Waals surface area contributed by atoms with Gasteiger partial charge in [0.1, 0.15) is 6.07 Å². The summed E-state index contributed by atoms with van der Waals surface area (Å²) in [4.78, 5) is 28.0. The molecule has 4 rings (SSSR count). The molecule has 1 aliphatic rings. The van der Waals surface area contributed by atoms with Gasteiger partial charge in [-0.15, -0.1) is 0 Å². The Balaban J connectivity index is 1.91. The summed E-state index contributed by atoms with van der Waals surface area (Å²) in [5, 5.41) is 9.18. The van der Waals surface area contributed by atoms with Crippen molar-refractivity contribution in [3.05, 3.63) is 83.4 Å². The van der Waals surface area contributed by atoms with Gasteiger partial charge in [0.15, 0.2) is 5.96 Å². The topological polar surface area (TPSA) is 108 Å². The van der Waals surface area contributed by atoms with Crippen molar-refractivity contribution < 1.29 is 4.79 Å². The number of amides is 1. The number of hydrogen-bond acceptors (Lipinski definition) is 6. The number of aliphatic imine (C=N–C) groups is 1. The van der Waals surface area contributed by atoms with E-state index in [9.17, 15) is 10.1 Å². The Labute approximate surface area is 174 Å². The number of aromatic nitrogens is 2. The number of nitrogens with two attached hydrogens (primary N) is 1. The van der Waals surface area contributed by atoms with Crippen LogP contribution in [-0.2, 0) is 16.8 Å². The highest BCUT2D eigenvalue weighted by atomic mass is 16.2. The fourth-order valence-electron chi connectivity index (χ4n) is 3.57. The number of pyridine rings is 2. The van der Waals surface area contributed by atoms with E-state index < -0.39 is 5.54 Å². The van der Waals surface area contributed by atoms with E-state index in [4.69, 9.17) is 5.73 Å². The Hall–Kier alpha value is -4.05. The zero-order valence-corrected chi connectivity index (χ0v) is 16.7. The van der Waals surface area contributed by atoms with Gasteiger partial charge in [0.25, 0.3) is 5.91 Å². The van der Waals surface area contributed by atoms with Gasteiger partial charge < -0.3 is 5.73 Å². The lowest BCUT2D eigenvalue weighted by Crippen LogP contribution is -2.41. The molecular weight excluding hydrogens is 376 g/mol. The van der Waals surface area contributed by atoms with Gasteiger partial charge in [-0.2, -0.15) is 5.26 Å². The molecule has 1 atom stereocenters. The largest absolute Gasteiger partial charge is 0.369 e. The average molecular weight is 396 g/mol. The van der Waals surface area contributed by atoms with Crippen LogP contribution in [0.15, 0.2) is 66.0 Å². The number of guanidine groups is 1. The van der Waals surface area contributed by atoms with Gasteiger partial charge in [-0.25, -0.2) is 4.99 Å². The van der Waals surface area contributed by atoms with Crippen LogP contribution in [-0.4, -0.2) is 33.8 Å². The van der Waals surface area contributed by atoms with Crippen LogP contribution >= 0.6 is 0 Å². The molecule has 1 aromatic carbocycles. The molecule has 3 heterocycles. The maximum Gasteiger partial charge on any atom is 0.267 e. The summed E-state index contributed by atoms with van der Waals surface area (Å²) in [5.74, 6) is -0.127. The van der Waals surface area contributed by atoms with E-state index in [-0.39, 0.29) is 11.9 Å². The van der Waals surface area contributed by atoms with Crippen molar-refractivity contribution in [2.45, 2.75) is 18.9 Å². The van der Waals surface area contributed by atoms with Crippen LogP contribution in [0.3, 0.4) is 0 Å². The Morgan fingerprint density at radius 2 is 1.97 bits per heavy atom. The van der Waals surface area contributed by atoms with Crippen molar-refractivity contribution in [3.8, 4) is 17.2 Å². The minimum atomic E-state index is -1.36. The summed E-state index contributed by atoms with van der Waals surface area (Å²) in [6.07, 6.45) is 5.80. The molecular formula is C23H20N6O. The monoisotopic (exact) mass is 396 g/mol. The van der Waals surface area contributed by atoms with Crippen LogP contribution in [0, 0.1) is 11.3 Å². The molecule has 0 fully saturated rings. The summed E-state index contributed by atoms with van der Waals surface area (Å²) < 4.78 is 0. The Morgan fingerprint density at radius 1 is 1.13 bits per heavy atom. The van der Waals surface area contributed by atoms with Crippen LogP contribution in [0.25, 0.3) is 11.1 Å². The van der Waals surface area contributed by atoms with E-state index in [0.29, 0.717) is 16.8 Å². The predicted molar refractivity (Wildman–Crippen MR) is 113 cm³/mol. The van der Waals surface area contributed by atoms with E-state index in [1.807, 2.05) is 43.3 Å². The molecule has 3 aromatic rings. The smallest absolute Gasteiger partial charge is 0.267 e. The SMILES string of the molecule is CCc1ccc(C2(c3cccc(-c4cncc(C#N)c4)c3)N=C(N)N(C)C2=O)nc1. The number of aryl methyl sites for hydroxylation is 1. The number of carbonyl (C=O) groups is 1. The Morgan fingerprint density at radius 3 is 2.60 bits per heavy atom. The van der Waals surface area contributed by atoms with Crippen molar-refractivity contribution in [2.24, 2.45) is 10.7 Å². The number of nitrogens with zero attached hydrogens (tertiary/aromatic N) is 5. The van der Waals surface area contributed by atoms with Gasteiger partial charge in [-0.05, 0) is 41.3 Å². The molecule has 7 heteroatoms. The number of hydrogen-bond donors (Lipinski definition) is 1. The molecule has 0 saturated heterocycles. The van der Waals surface area contributed by atoms with Crippen LogP contribution in [0.2, 0.25) is 0 Å². The third-order valence-corrected chi connectivity index (χ3v) is 5.32. The van der Waals surface area contributed by atoms with E-state index in [0.717, 1.165) is 23.1 Å². The van der Waals surface area contributed by atoms with E-state index in [2.05, 4.69) is 21.0 Å². The maximum absolute atomic E-state index is 13.4. The van der Waals surface area contributed by atoms with Gasteiger partial charge in [0.05, 0.1) is 11.3 Å². The van der Waals surface area contributed by atoms with E-state index >= 15 is 0 Å². The molecule has 1 unspecified atom stereocenters. The second kappa shape index (κ2) is 7.41. The molecule has 2 N–H and O–H groups in total. The Kier molecular flexibility index (Phi) is 4.76. The third kappa shape index (κ3) is 2.99. The zero-order valence-electron chi connectivity index (χ0n) is 16.7. The minimum absolute atomic E-state index is 0.139. The van der Waals surface area contributed by atoms with Gasteiger partial charge in [0.2, 0.25) is 5.54 Å². The standard InChI is InChI=1S/C23H20N6O/c1-3-15-7-8-20(27-13-15)23(21(30)29(2)22(25)28-23)19-6-4-5-17(10-19)18-9-16(11-24)12-26-14-18/h4-10,12-14H,3H2,1-2H3,(H2,25,28).